The zero-order valence-corrected chi connectivity index (χ0v) is 17.2. The maximum absolute atomic E-state index is 9.98. The molecule has 8 heteroatoms. The number of ether oxygens (including phenoxy) is 2. The van der Waals surface area contributed by atoms with Crippen LogP contribution in [0.2, 0.25) is 0 Å². The number of benzene rings is 1. The van der Waals surface area contributed by atoms with E-state index >= 15 is 0 Å². The van der Waals surface area contributed by atoms with Gasteiger partial charge in [0.1, 0.15) is 0 Å². The smallest absolute Gasteiger partial charge is 0 e. The molecule has 2 atom stereocenters. The van der Waals surface area contributed by atoms with Crippen molar-refractivity contribution in [2.45, 2.75) is 45.0 Å². The zero-order chi connectivity index (χ0) is 22.0. The fraction of sp³-hybridized carbons (Fsp3) is 0.381. The molecule has 1 N–H and O–H groups in total. The van der Waals surface area contributed by atoms with E-state index in [1.165, 1.54) is 12.0 Å². The average molecular weight is 444 g/mol. The summed E-state index contributed by atoms with van der Waals surface area (Å²) in [6.45, 7) is 17.9. The molecule has 0 heterocycles. The summed E-state index contributed by atoms with van der Waals surface area (Å²) in [5, 5.41) is 9.76. The standard InChI is InChI=1S/C18H24O4.3CO.Fe/c1-16(22-15-19)8-7-12-18(20)11-5-6-13-21-14-17-9-3-2-4-10-17;3*1-2;/h2-4,7-10,12,16,18,20H,5-6,11,13-14H2,1H3;;;;/q-1;;;;/t16-,18+;;;;/m1..../s1. The Hall–Kier alpha value is -1.65. The molecule has 7 nitrogen and oxygen atoms in total. The first kappa shape index (κ1) is 34.8. The summed E-state index contributed by atoms with van der Waals surface area (Å²) in [6, 6.07) is 10.1. The minimum atomic E-state index is -0.488. The molecule has 29 heavy (non-hydrogen) atoms. The Morgan fingerprint density at radius 3 is 2.21 bits per heavy atom. The second-order valence-corrected chi connectivity index (χ2v) is 5.08. The van der Waals surface area contributed by atoms with Crippen LogP contribution in [0.5, 0.6) is 0 Å². The van der Waals surface area contributed by atoms with Gasteiger partial charge in [-0.2, -0.15) is 0 Å². The Balaban J connectivity index is -0.000000407. The SMILES string of the molecule is C[C@H]([CH][CH][CH][C@@H](O)CCCCOCc1ccccc1)O[C-]=O.[C-]#[O+].[C-]#[O+].[C-]#[O+].[Fe]. The first-order chi connectivity index (χ1) is 13.7. The molecule has 0 fully saturated rings. The van der Waals surface area contributed by atoms with Crippen LogP contribution in [-0.2, 0) is 51.9 Å². The van der Waals surface area contributed by atoms with Crippen LogP contribution in [0, 0.1) is 39.2 Å². The fourth-order valence-electron chi connectivity index (χ4n) is 1.88. The minimum Gasteiger partial charge on any atom is 0 e. The van der Waals surface area contributed by atoms with E-state index in [0.29, 0.717) is 19.6 Å². The third-order valence-corrected chi connectivity index (χ3v) is 3.10. The van der Waals surface area contributed by atoms with Crippen LogP contribution in [0.1, 0.15) is 31.7 Å². The molecule has 0 aliphatic heterocycles. The van der Waals surface area contributed by atoms with E-state index in [-0.39, 0.29) is 23.2 Å². The van der Waals surface area contributed by atoms with Crippen LogP contribution >= 0.6 is 0 Å². The second-order valence-electron chi connectivity index (χ2n) is 5.08. The Kier molecular flexibility index (Phi) is 37.3. The van der Waals surface area contributed by atoms with Crippen LogP contribution in [0.25, 0.3) is 0 Å². The first-order valence-corrected chi connectivity index (χ1v) is 8.18. The summed E-state index contributed by atoms with van der Waals surface area (Å²) in [4.78, 5) is 9.98. The van der Waals surface area contributed by atoms with E-state index in [1.54, 1.807) is 26.2 Å². The van der Waals surface area contributed by atoms with E-state index in [9.17, 15) is 9.90 Å². The van der Waals surface area contributed by atoms with Gasteiger partial charge in [0.05, 0.1) is 18.8 Å². The van der Waals surface area contributed by atoms with Gasteiger partial charge in [0.2, 0.25) is 0 Å². The quantitative estimate of drug-likeness (QED) is 0.218. The molecule has 0 saturated heterocycles. The summed E-state index contributed by atoms with van der Waals surface area (Å²) in [7, 11) is 0. The topological polar surface area (TPSA) is 115 Å². The molecule has 0 bridgehead atoms. The van der Waals surface area contributed by atoms with Crippen LogP contribution in [0.3, 0.4) is 0 Å². The predicted octanol–water partition coefficient (Wildman–Crippen LogP) is 2.70. The summed E-state index contributed by atoms with van der Waals surface area (Å²) in [6.07, 6.45) is 6.78. The van der Waals surface area contributed by atoms with Gasteiger partial charge in [-0.05, 0) is 44.6 Å². The van der Waals surface area contributed by atoms with Crippen molar-refractivity contribution in [3.8, 4) is 0 Å². The molecular weight excluding hydrogens is 420 g/mol. The Labute approximate surface area is 183 Å². The Morgan fingerprint density at radius 1 is 1.07 bits per heavy atom. The van der Waals surface area contributed by atoms with Crippen LogP contribution in [0.4, 0.5) is 0 Å². The van der Waals surface area contributed by atoms with Gasteiger partial charge < -0.3 is 19.4 Å². The van der Waals surface area contributed by atoms with E-state index < -0.39 is 6.10 Å². The third kappa shape index (κ3) is 26.3. The van der Waals surface area contributed by atoms with Gasteiger partial charge in [-0.1, -0.05) is 36.8 Å². The predicted molar refractivity (Wildman–Crippen MR) is 96.9 cm³/mol. The number of hydrogen-bond donors (Lipinski definition) is 1. The van der Waals surface area contributed by atoms with Crippen LogP contribution in [0.15, 0.2) is 30.3 Å². The molecule has 1 rings (SSSR count). The Bertz CT molecular complexity index is 488. The molecule has 0 unspecified atom stereocenters. The van der Waals surface area contributed by atoms with Crippen molar-refractivity contribution >= 4 is 6.47 Å². The summed E-state index contributed by atoms with van der Waals surface area (Å²) in [5.41, 5.74) is 1.17. The third-order valence-electron chi connectivity index (χ3n) is 3.10. The second kappa shape index (κ2) is 31.1. The summed E-state index contributed by atoms with van der Waals surface area (Å²) < 4.78 is 32.7. The fourth-order valence-corrected chi connectivity index (χ4v) is 1.88. The molecule has 1 aromatic carbocycles. The van der Waals surface area contributed by atoms with Crippen molar-refractivity contribution in [3.05, 3.63) is 75.1 Å². The van der Waals surface area contributed by atoms with Crippen LogP contribution in [-0.4, -0.2) is 30.4 Å². The van der Waals surface area contributed by atoms with E-state index in [0.717, 1.165) is 12.8 Å². The van der Waals surface area contributed by atoms with Gasteiger partial charge in [-0.3, -0.25) is 0 Å². The van der Waals surface area contributed by atoms with Gasteiger partial charge in [-0.25, -0.2) is 0 Å². The van der Waals surface area contributed by atoms with Gasteiger partial charge in [0, 0.05) is 30.1 Å². The number of unbranched alkanes of at least 4 members (excludes halogenated alkanes) is 1. The monoisotopic (exact) mass is 444 g/mol. The Morgan fingerprint density at radius 2 is 1.66 bits per heavy atom. The minimum absolute atomic E-state index is 0. The number of rotatable bonds is 13. The average Bonchev–Trinajstić information content (AvgIpc) is 2.76. The molecular formula is C21H24FeO7-. The molecule has 3 radical (unpaired) electrons. The van der Waals surface area contributed by atoms with E-state index in [2.05, 4.69) is 24.7 Å². The molecule has 1 aromatic rings. The van der Waals surface area contributed by atoms with Crippen molar-refractivity contribution in [2.24, 2.45) is 0 Å². The zero-order valence-electron chi connectivity index (χ0n) is 16.1. The summed E-state index contributed by atoms with van der Waals surface area (Å²) >= 11 is 0. The number of aliphatic hydroxyl groups is 1. The molecule has 0 saturated carbocycles. The number of hydrogen-bond acceptors (Lipinski definition) is 4. The number of carbonyl (C=O) groups excluding carboxylic acids is 1. The normalized spacial score (nSPS) is 10.5. The van der Waals surface area contributed by atoms with Crippen LogP contribution < -0.4 is 0 Å². The molecule has 0 amide bonds. The largest absolute Gasteiger partial charge is 0 e. The maximum Gasteiger partial charge on any atom is 0 e. The van der Waals surface area contributed by atoms with Crippen molar-refractivity contribution in [2.75, 3.05) is 6.61 Å². The van der Waals surface area contributed by atoms with E-state index in [1.807, 2.05) is 30.3 Å². The number of aliphatic hydroxyl groups excluding tert-OH is 1. The molecule has 0 aromatic heterocycles. The van der Waals surface area contributed by atoms with Crippen molar-refractivity contribution < 1.29 is 50.4 Å². The van der Waals surface area contributed by atoms with Gasteiger partial charge in [0.15, 0.2) is 0 Å². The molecule has 0 spiro atoms. The van der Waals surface area contributed by atoms with Crippen molar-refractivity contribution in [3.63, 3.8) is 0 Å². The van der Waals surface area contributed by atoms with Gasteiger partial charge >= 0.3 is 33.9 Å². The van der Waals surface area contributed by atoms with Gasteiger partial charge in [-0.15, -0.1) is 0 Å². The molecule has 159 valence electrons. The first-order valence-electron chi connectivity index (χ1n) is 8.18. The van der Waals surface area contributed by atoms with Crippen molar-refractivity contribution in [1.82, 2.24) is 0 Å². The molecule has 0 aliphatic carbocycles. The molecule has 0 aliphatic rings. The maximum atomic E-state index is 9.98. The van der Waals surface area contributed by atoms with E-state index in [4.69, 9.17) is 18.7 Å². The summed E-state index contributed by atoms with van der Waals surface area (Å²) in [5.74, 6) is 0. The van der Waals surface area contributed by atoms with Crippen molar-refractivity contribution in [1.29, 1.82) is 0 Å². The van der Waals surface area contributed by atoms with Gasteiger partial charge in [0.25, 0.3) is 0 Å².